The Bertz CT molecular complexity index is 384. The van der Waals surface area contributed by atoms with E-state index < -0.39 is 0 Å². The Morgan fingerprint density at radius 2 is 2.35 bits per heavy atom. The standard InChI is InChI=1S/C13H19FN2O/c1-15-8-10-5-6-16(9-10)13-7-11(17-2)3-4-12(13)14/h3-4,7,10,15H,5-6,8-9H2,1-2H3. The van der Waals surface area contributed by atoms with Gasteiger partial charge in [-0.3, -0.25) is 0 Å². The Kier molecular flexibility index (Phi) is 3.84. The lowest BCUT2D eigenvalue weighted by Gasteiger charge is -2.20. The molecule has 1 unspecified atom stereocenters. The molecule has 1 fully saturated rings. The van der Waals surface area contributed by atoms with Gasteiger partial charge in [-0.15, -0.1) is 0 Å². The van der Waals surface area contributed by atoms with Gasteiger partial charge < -0.3 is 15.0 Å². The molecule has 0 saturated carbocycles. The van der Waals surface area contributed by atoms with Gasteiger partial charge in [0.25, 0.3) is 0 Å². The maximum absolute atomic E-state index is 13.8. The van der Waals surface area contributed by atoms with Crippen molar-refractivity contribution < 1.29 is 9.13 Å². The molecular formula is C13H19FN2O. The van der Waals surface area contributed by atoms with E-state index in [2.05, 4.69) is 10.2 Å². The molecule has 1 saturated heterocycles. The summed E-state index contributed by atoms with van der Waals surface area (Å²) in [6, 6.07) is 4.90. The minimum atomic E-state index is -0.170. The molecule has 1 heterocycles. The van der Waals surface area contributed by atoms with Crippen molar-refractivity contribution in [3.8, 4) is 5.75 Å². The minimum Gasteiger partial charge on any atom is -0.497 e. The van der Waals surface area contributed by atoms with E-state index in [1.165, 1.54) is 6.07 Å². The van der Waals surface area contributed by atoms with Crippen molar-refractivity contribution in [2.45, 2.75) is 6.42 Å². The largest absolute Gasteiger partial charge is 0.497 e. The summed E-state index contributed by atoms with van der Waals surface area (Å²) >= 11 is 0. The van der Waals surface area contributed by atoms with E-state index in [1.54, 1.807) is 19.2 Å². The van der Waals surface area contributed by atoms with E-state index in [4.69, 9.17) is 4.74 Å². The van der Waals surface area contributed by atoms with Gasteiger partial charge in [-0.25, -0.2) is 4.39 Å². The van der Waals surface area contributed by atoms with Crippen LogP contribution in [0.15, 0.2) is 18.2 Å². The highest BCUT2D eigenvalue weighted by molar-refractivity contribution is 5.52. The predicted octanol–water partition coefficient (Wildman–Crippen LogP) is 1.88. The number of benzene rings is 1. The van der Waals surface area contributed by atoms with Crippen molar-refractivity contribution in [3.05, 3.63) is 24.0 Å². The molecule has 0 bridgehead atoms. The van der Waals surface area contributed by atoms with E-state index in [1.807, 2.05) is 7.05 Å². The van der Waals surface area contributed by atoms with Gasteiger partial charge in [0.15, 0.2) is 0 Å². The van der Waals surface area contributed by atoms with Gasteiger partial charge in [-0.2, -0.15) is 0 Å². The van der Waals surface area contributed by atoms with Gasteiger partial charge >= 0.3 is 0 Å². The Morgan fingerprint density at radius 3 is 3.06 bits per heavy atom. The van der Waals surface area contributed by atoms with E-state index in [-0.39, 0.29) is 5.82 Å². The van der Waals surface area contributed by atoms with Crippen LogP contribution in [-0.4, -0.2) is 33.8 Å². The van der Waals surface area contributed by atoms with Gasteiger partial charge in [0.1, 0.15) is 11.6 Å². The first kappa shape index (κ1) is 12.2. The maximum atomic E-state index is 13.8. The van der Waals surface area contributed by atoms with Crippen molar-refractivity contribution in [1.82, 2.24) is 5.32 Å². The number of nitrogens with zero attached hydrogens (tertiary/aromatic N) is 1. The summed E-state index contributed by atoms with van der Waals surface area (Å²) in [6.07, 6.45) is 1.11. The summed E-state index contributed by atoms with van der Waals surface area (Å²) in [4.78, 5) is 2.10. The molecule has 2 rings (SSSR count). The van der Waals surface area contributed by atoms with E-state index in [9.17, 15) is 4.39 Å². The lowest BCUT2D eigenvalue weighted by atomic mass is 10.1. The van der Waals surface area contributed by atoms with Gasteiger partial charge in [-0.05, 0) is 38.1 Å². The molecule has 0 aliphatic carbocycles. The van der Waals surface area contributed by atoms with Crippen LogP contribution in [0, 0.1) is 11.7 Å². The number of anilines is 1. The molecule has 94 valence electrons. The van der Waals surface area contributed by atoms with Crippen LogP contribution in [0.5, 0.6) is 5.75 Å². The SMILES string of the molecule is CNCC1CCN(c2cc(OC)ccc2F)C1. The van der Waals surface area contributed by atoms with Crippen LogP contribution in [-0.2, 0) is 0 Å². The number of halogens is 1. The summed E-state index contributed by atoms with van der Waals surface area (Å²) in [7, 11) is 3.56. The van der Waals surface area contributed by atoms with Gasteiger partial charge in [0.05, 0.1) is 12.8 Å². The van der Waals surface area contributed by atoms with Crippen LogP contribution in [0.1, 0.15) is 6.42 Å². The molecule has 3 nitrogen and oxygen atoms in total. The summed E-state index contributed by atoms with van der Waals surface area (Å²) in [5.41, 5.74) is 0.656. The Morgan fingerprint density at radius 1 is 1.53 bits per heavy atom. The molecule has 1 aromatic rings. The molecule has 0 amide bonds. The second-order valence-electron chi connectivity index (χ2n) is 4.48. The molecule has 1 N–H and O–H groups in total. The fraction of sp³-hybridized carbons (Fsp3) is 0.538. The van der Waals surface area contributed by atoms with Crippen LogP contribution in [0.4, 0.5) is 10.1 Å². The number of rotatable bonds is 4. The normalized spacial score (nSPS) is 19.7. The van der Waals surface area contributed by atoms with Gasteiger partial charge in [0.2, 0.25) is 0 Å². The molecule has 1 aliphatic rings. The topological polar surface area (TPSA) is 24.5 Å². The zero-order valence-corrected chi connectivity index (χ0v) is 10.4. The quantitative estimate of drug-likeness (QED) is 0.866. The van der Waals surface area contributed by atoms with Gasteiger partial charge in [-0.1, -0.05) is 0 Å². The second kappa shape index (κ2) is 5.36. The summed E-state index contributed by atoms with van der Waals surface area (Å²) in [5.74, 6) is 1.14. The first-order valence-electron chi connectivity index (χ1n) is 5.97. The van der Waals surface area contributed by atoms with Crippen molar-refractivity contribution in [1.29, 1.82) is 0 Å². The molecule has 0 aromatic heterocycles. The summed E-state index contributed by atoms with van der Waals surface area (Å²) in [5, 5.41) is 3.17. The maximum Gasteiger partial charge on any atom is 0.146 e. The third-order valence-electron chi connectivity index (χ3n) is 3.27. The zero-order chi connectivity index (χ0) is 12.3. The highest BCUT2D eigenvalue weighted by Crippen LogP contribution is 2.29. The highest BCUT2D eigenvalue weighted by Gasteiger charge is 2.24. The third kappa shape index (κ3) is 2.69. The lowest BCUT2D eigenvalue weighted by molar-refractivity contribution is 0.413. The monoisotopic (exact) mass is 238 g/mol. The predicted molar refractivity (Wildman–Crippen MR) is 67.2 cm³/mol. The lowest BCUT2D eigenvalue weighted by Crippen LogP contribution is -2.24. The van der Waals surface area contributed by atoms with Crippen molar-refractivity contribution >= 4 is 5.69 Å². The molecule has 1 aliphatic heterocycles. The molecule has 0 spiro atoms. The number of methoxy groups -OCH3 is 1. The second-order valence-corrected chi connectivity index (χ2v) is 4.48. The number of ether oxygens (including phenoxy) is 1. The van der Waals surface area contributed by atoms with Gasteiger partial charge in [0, 0.05) is 19.2 Å². The molecule has 1 atom stereocenters. The van der Waals surface area contributed by atoms with E-state index in [0.717, 1.165) is 26.1 Å². The third-order valence-corrected chi connectivity index (χ3v) is 3.27. The minimum absolute atomic E-state index is 0.170. The summed E-state index contributed by atoms with van der Waals surface area (Å²) in [6.45, 7) is 2.81. The average molecular weight is 238 g/mol. The van der Waals surface area contributed by atoms with Crippen LogP contribution in [0.25, 0.3) is 0 Å². The average Bonchev–Trinajstić information content (AvgIpc) is 2.79. The molecular weight excluding hydrogens is 219 g/mol. The van der Waals surface area contributed by atoms with Crippen LogP contribution in [0.3, 0.4) is 0 Å². The number of hydrogen-bond donors (Lipinski definition) is 1. The van der Waals surface area contributed by atoms with Crippen LogP contribution < -0.4 is 15.0 Å². The Labute approximate surface area is 102 Å². The zero-order valence-electron chi connectivity index (χ0n) is 10.4. The van der Waals surface area contributed by atoms with E-state index >= 15 is 0 Å². The van der Waals surface area contributed by atoms with E-state index in [0.29, 0.717) is 17.4 Å². The molecule has 4 heteroatoms. The molecule has 0 radical (unpaired) electrons. The number of hydrogen-bond acceptors (Lipinski definition) is 3. The van der Waals surface area contributed by atoms with Crippen molar-refractivity contribution in [2.75, 3.05) is 38.7 Å². The Hall–Kier alpha value is -1.29. The van der Waals surface area contributed by atoms with Crippen molar-refractivity contribution in [3.63, 3.8) is 0 Å². The van der Waals surface area contributed by atoms with Crippen LogP contribution in [0.2, 0.25) is 0 Å². The van der Waals surface area contributed by atoms with Crippen molar-refractivity contribution in [2.24, 2.45) is 5.92 Å². The summed E-state index contributed by atoms with van der Waals surface area (Å²) < 4.78 is 18.9. The fourth-order valence-corrected chi connectivity index (χ4v) is 2.37. The fourth-order valence-electron chi connectivity index (χ4n) is 2.37. The van der Waals surface area contributed by atoms with Crippen LogP contribution >= 0.6 is 0 Å². The molecule has 1 aromatic carbocycles. The first-order valence-corrected chi connectivity index (χ1v) is 5.97. The molecule has 17 heavy (non-hydrogen) atoms. The number of nitrogens with one attached hydrogen (secondary N) is 1. The highest BCUT2D eigenvalue weighted by atomic mass is 19.1. The smallest absolute Gasteiger partial charge is 0.146 e. The first-order chi connectivity index (χ1) is 8.24. The Balaban J connectivity index is 2.12.